The molecule has 0 amide bonds. The fourth-order valence-corrected chi connectivity index (χ4v) is 2.80. The Balaban J connectivity index is 1.72. The maximum Gasteiger partial charge on any atom is 0.125 e. The first-order chi connectivity index (χ1) is 8.24. The Labute approximate surface area is 104 Å². The highest BCUT2D eigenvalue weighted by Crippen LogP contribution is 2.30. The molecule has 1 aliphatic rings. The number of pyridine rings is 1. The van der Waals surface area contributed by atoms with Crippen molar-refractivity contribution in [1.29, 1.82) is 0 Å². The number of aromatic nitrogens is 1. The van der Waals surface area contributed by atoms with Crippen LogP contribution in [0.2, 0.25) is 0 Å². The summed E-state index contributed by atoms with van der Waals surface area (Å²) in [4.78, 5) is 3.99. The molecule has 0 aromatic carbocycles. The van der Waals surface area contributed by atoms with E-state index >= 15 is 0 Å². The molecule has 3 heteroatoms. The van der Waals surface area contributed by atoms with Crippen LogP contribution in [0.5, 0.6) is 0 Å². The predicted octanol–water partition coefficient (Wildman–Crippen LogP) is 3.29. The van der Waals surface area contributed by atoms with Gasteiger partial charge in [-0.1, -0.05) is 26.2 Å². The van der Waals surface area contributed by atoms with Gasteiger partial charge in [0.1, 0.15) is 5.82 Å². The van der Waals surface area contributed by atoms with Gasteiger partial charge in [0.05, 0.1) is 0 Å². The topological polar surface area (TPSA) is 50.9 Å². The van der Waals surface area contributed by atoms with E-state index in [0.717, 1.165) is 24.1 Å². The zero-order chi connectivity index (χ0) is 12.1. The summed E-state index contributed by atoms with van der Waals surface area (Å²) in [5, 5.41) is 3.43. The molecule has 0 bridgehead atoms. The largest absolute Gasteiger partial charge is 0.385 e. The van der Waals surface area contributed by atoms with Crippen molar-refractivity contribution in [2.75, 3.05) is 17.6 Å². The molecule has 1 heterocycles. The maximum absolute atomic E-state index is 5.64. The number of nitrogens with two attached hydrogens (primary N) is 1. The average Bonchev–Trinajstić information content (AvgIpc) is 2.29. The van der Waals surface area contributed by atoms with Crippen LogP contribution in [-0.4, -0.2) is 11.5 Å². The second-order valence-electron chi connectivity index (χ2n) is 5.32. The monoisotopic (exact) mass is 233 g/mol. The minimum absolute atomic E-state index is 0.585. The van der Waals surface area contributed by atoms with Crippen LogP contribution in [0.3, 0.4) is 0 Å². The molecule has 3 N–H and O–H groups in total. The van der Waals surface area contributed by atoms with E-state index in [1.807, 2.05) is 12.1 Å². The summed E-state index contributed by atoms with van der Waals surface area (Å²) >= 11 is 0. The van der Waals surface area contributed by atoms with Gasteiger partial charge in [-0.15, -0.1) is 0 Å². The van der Waals surface area contributed by atoms with Crippen LogP contribution < -0.4 is 11.1 Å². The molecule has 94 valence electrons. The summed E-state index contributed by atoms with van der Waals surface area (Å²) in [7, 11) is 0. The van der Waals surface area contributed by atoms with Crippen LogP contribution in [0, 0.1) is 11.8 Å². The fourth-order valence-electron chi connectivity index (χ4n) is 2.80. The van der Waals surface area contributed by atoms with Crippen molar-refractivity contribution in [2.24, 2.45) is 11.8 Å². The van der Waals surface area contributed by atoms with E-state index in [2.05, 4.69) is 17.2 Å². The van der Waals surface area contributed by atoms with Gasteiger partial charge in [-0.05, 0) is 30.7 Å². The molecule has 0 radical (unpaired) electrons. The summed E-state index contributed by atoms with van der Waals surface area (Å²) in [6, 6.07) is 3.86. The van der Waals surface area contributed by atoms with Crippen LogP contribution in [0.1, 0.15) is 39.0 Å². The molecule has 3 nitrogen and oxygen atoms in total. The van der Waals surface area contributed by atoms with Crippen molar-refractivity contribution in [1.82, 2.24) is 4.98 Å². The zero-order valence-corrected chi connectivity index (χ0v) is 10.7. The Hall–Kier alpha value is -1.25. The molecule has 1 aromatic heterocycles. The quantitative estimate of drug-likeness (QED) is 0.839. The lowest BCUT2D eigenvalue weighted by atomic mass is 9.81. The molecule has 17 heavy (non-hydrogen) atoms. The van der Waals surface area contributed by atoms with E-state index in [9.17, 15) is 0 Å². The number of nitrogen functional groups attached to an aromatic ring is 1. The van der Waals surface area contributed by atoms with Gasteiger partial charge < -0.3 is 11.1 Å². The second-order valence-corrected chi connectivity index (χ2v) is 5.32. The van der Waals surface area contributed by atoms with Gasteiger partial charge in [0.15, 0.2) is 0 Å². The highest BCUT2D eigenvalue weighted by Gasteiger charge is 2.18. The van der Waals surface area contributed by atoms with Gasteiger partial charge in [0, 0.05) is 24.5 Å². The standard InChI is InChI=1S/C14H23N3/c1-11-3-2-4-12(9-11)5-7-16-13-6-8-17-14(15)10-13/h6,8,10-12H,2-5,7,9H2,1H3,(H3,15,16,17). The third-order valence-electron chi connectivity index (χ3n) is 3.71. The Morgan fingerprint density at radius 2 is 2.35 bits per heavy atom. The number of anilines is 2. The molecule has 2 rings (SSSR count). The Morgan fingerprint density at radius 1 is 1.47 bits per heavy atom. The van der Waals surface area contributed by atoms with Crippen molar-refractivity contribution in [3.63, 3.8) is 0 Å². The van der Waals surface area contributed by atoms with Gasteiger partial charge in [0.25, 0.3) is 0 Å². The van der Waals surface area contributed by atoms with E-state index in [4.69, 9.17) is 5.73 Å². The zero-order valence-electron chi connectivity index (χ0n) is 10.7. The van der Waals surface area contributed by atoms with Crippen molar-refractivity contribution in [2.45, 2.75) is 39.0 Å². The highest BCUT2D eigenvalue weighted by molar-refractivity contribution is 5.49. The van der Waals surface area contributed by atoms with Crippen LogP contribution in [-0.2, 0) is 0 Å². The van der Waals surface area contributed by atoms with Crippen molar-refractivity contribution in [3.05, 3.63) is 18.3 Å². The van der Waals surface area contributed by atoms with E-state index < -0.39 is 0 Å². The van der Waals surface area contributed by atoms with Crippen LogP contribution in [0.4, 0.5) is 11.5 Å². The molecule has 0 aliphatic heterocycles. The fraction of sp³-hybridized carbons (Fsp3) is 0.643. The lowest BCUT2D eigenvalue weighted by Gasteiger charge is -2.26. The third-order valence-corrected chi connectivity index (χ3v) is 3.71. The van der Waals surface area contributed by atoms with Gasteiger partial charge in [-0.2, -0.15) is 0 Å². The SMILES string of the molecule is CC1CCCC(CCNc2ccnc(N)c2)C1. The first kappa shape index (κ1) is 12.2. The summed E-state index contributed by atoms with van der Waals surface area (Å²) < 4.78 is 0. The molecule has 1 saturated carbocycles. The lowest BCUT2D eigenvalue weighted by Crippen LogP contribution is -2.16. The maximum atomic E-state index is 5.64. The van der Waals surface area contributed by atoms with Crippen LogP contribution in [0.15, 0.2) is 18.3 Å². The minimum Gasteiger partial charge on any atom is -0.385 e. The van der Waals surface area contributed by atoms with Gasteiger partial charge >= 0.3 is 0 Å². The molecule has 1 aromatic rings. The number of hydrogen-bond donors (Lipinski definition) is 2. The molecule has 1 fully saturated rings. The summed E-state index contributed by atoms with van der Waals surface area (Å²) in [6.45, 7) is 3.42. The first-order valence-corrected chi connectivity index (χ1v) is 6.69. The smallest absolute Gasteiger partial charge is 0.125 e. The Bertz CT molecular complexity index is 351. The van der Waals surface area contributed by atoms with Crippen LogP contribution in [0.25, 0.3) is 0 Å². The molecule has 0 spiro atoms. The summed E-state index contributed by atoms with van der Waals surface area (Å²) in [6.07, 6.45) is 8.66. The summed E-state index contributed by atoms with van der Waals surface area (Å²) in [5.74, 6) is 2.41. The summed E-state index contributed by atoms with van der Waals surface area (Å²) in [5.41, 5.74) is 6.72. The van der Waals surface area contributed by atoms with Gasteiger partial charge in [0.2, 0.25) is 0 Å². The minimum atomic E-state index is 0.585. The van der Waals surface area contributed by atoms with Crippen molar-refractivity contribution in [3.8, 4) is 0 Å². The van der Waals surface area contributed by atoms with E-state index in [1.165, 1.54) is 32.1 Å². The first-order valence-electron chi connectivity index (χ1n) is 6.69. The Morgan fingerprint density at radius 3 is 3.12 bits per heavy atom. The molecule has 2 unspecified atom stereocenters. The predicted molar refractivity (Wildman–Crippen MR) is 72.9 cm³/mol. The van der Waals surface area contributed by atoms with Gasteiger partial charge in [-0.3, -0.25) is 0 Å². The number of nitrogens with zero attached hydrogens (tertiary/aromatic N) is 1. The number of hydrogen-bond acceptors (Lipinski definition) is 3. The van der Waals surface area contributed by atoms with E-state index in [1.54, 1.807) is 6.20 Å². The van der Waals surface area contributed by atoms with Crippen molar-refractivity contribution < 1.29 is 0 Å². The lowest BCUT2D eigenvalue weighted by molar-refractivity contribution is 0.274. The molecular formula is C14H23N3. The molecule has 1 aliphatic carbocycles. The number of nitrogens with one attached hydrogen (secondary N) is 1. The van der Waals surface area contributed by atoms with Crippen molar-refractivity contribution >= 4 is 11.5 Å². The third kappa shape index (κ3) is 3.91. The van der Waals surface area contributed by atoms with Crippen LogP contribution >= 0.6 is 0 Å². The van der Waals surface area contributed by atoms with Gasteiger partial charge in [-0.25, -0.2) is 4.98 Å². The normalized spacial score (nSPS) is 24.5. The highest BCUT2D eigenvalue weighted by atomic mass is 14.9. The van der Waals surface area contributed by atoms with E-state index in [-0.39, 0.29) is 0 Å². The molecule has 2 atom stereocenters. The second kappa shape index (κ2) is 5.89. The average molecular weight is 233 g/mol. The van der Waals surface area contributed by atoms with E-state index in [0.29, 0.717) is 5.82 Å². The number of rotatable bonds is 4. The Kier molecular flexibility index (Phi) is 4.24. The molecule has 0 saturated heterocycles. The molecular weight excluding hydrogens is 210 g/mol.